The fourth-order valence-corrected chi connectivity index (χ4v) is 7.36. The van der Waals surface area contributed by atoms with Gasteiger partial charge in [-0.1, -0.05) is 24.7 Å². The molecule has 0 radical (unpaired) electrons. The van der Waals surface area contributed by atoms with Gasteiger partial charge in [0.2, 0.25) is 0 Å². The highest BCUT2D eigenvalue weighted by Crippen LogP contribution is 2.60. The van der Waals surface area contributed by atoms with Gasteiger partial charge in [-0.05, 0) is 20.3 Å². The number of anilines is 1. The van der Waals surface area contributed by atoms with Gasteiger partial charge >= 0.3 is 23.2 Å². The summed E-state index contributed by atoms with van der Waals surface area (Å²) in [6.45, 7) is 5.78. The summed E-state index contributed by atoms with van der Waals surface area (Å²) in [6.07, 6.45) is 2.62. The molecular weight excluding hydrogens is 573 g/mol. The van der Waals surface area contributed by atoms with Crippen molar-refractivity contribution in [3.8, 4) is 0 Å². The van der Waals surface area contributed by atoms with Gasteiger partial charge in [0.1, 0.15) is 11.6 Å². The SMILES string of the molecule is CCCCOP(=O)(O)[C@](C)(O)c1sc(CCOP(=O)(O)OP(=O)(O)O)c(C)[n+]1Cc1cnc(C)nc1N. The number of phosphoric acid groups is 2. The molecule has 19 heteroatoms. The molecule has 0 bridgehead atoms. The lowest BCUT2D eigenvalue weighted by atomic mass is 10.2. The van der Waals surface area contributed by atoms with Crippen LogP contribution in [0.5, 0.6) is 0 Å². The van der Waals surface area contributed by atoms with Crippen LogP contribution in [0.2, 0.25) is 0 Å². The second-order valence-corrected chi connectivity index (χ2v) is 14.3. The van der Waals surface area contributed by atoms with Gasteiger partial charge in [-0.25, -0.2) is 19.1 Å². The Bertz CT molecular complexity index is 1250. The summed E-state index contributed by atoms with van der Waals surface area (Å²) in [5, 5.41) is 8.94. The molecule has 0 saturated carbocycles. The van der Waals surface area contributed by atoms with Crippen molar-refractivity contribution in [2.75, 3.05) is 18.9 Å². The Morgan fingerprint density at radius 2 is 1.78 bits per heavy atom. The van der Waals surface area contributed by atoms with E-state index in [0.29, 0.717) is 34.8 Å². The van der Waals surface area contributed by atoms with Crippen molar-refractivity contribution in [1.29, 1.82) is 0 Å². The smallest absolute Gasteiger partial charge is 0.383 e. The standard InChI is InChI=1S/C18H31N4O11P3S/c1-5-6-8-31-34(24,25)18(4,23)17-22(11-14-10-20-13(3)21-16(14)19)12(2)15(37-17)7-9-32-36(29,30)33-35(26,27)28/h10,23H,5-9,11H2,1-4H3,(H5-,19,20,21,24,25,26,27,28,29,30)/p+1/t18-/m0/s1. The first kappa shape index (κ1) is 32.1. The van der Waals surface area contributed by atoms with Crippen LogP contribution in [0, 0.1) is 13.8 Å². The molecule has 210 valence electrons. The van der Waals surface area contributed by atoms with Crippen LogP contribution in [-0.4, -0.2) is 47.9 Å². The number of unbranched alkanes of at least 4 members (excludes halogenated alkanes) is 1. The normalized spacial score (nSPS) is 17.2. The fraction of sp³-hybridized carbons (Fsp3) is 0.611. The minimum atomic E-state index is -5.28. The van der Waals surface area contributed by atoms with Gasteiger partial charge in [-0.2, -0.15) is 8.88 Å². The van der Waals surface area contributed by atoms with Gasteiger partial charge < -0.3 is 34.9 Å². The number of thiazole rings is 1. The maximum atomic E-state index is 13.1. The highest BCUT2D eigenvalue weighted by molar-refractivity contribution is 7.60. The Balaban J connectivity index is 2.45. The van der Waals surface area contributed by atoms with E-state index in [1.54, 1.807) is 13.8 Å². The van der Waals surface area contributed by atoms with Crippen molar-refractivity contribution in [3.05, 3.63) is 33.2 Å². The van der Waals surface area contributed by atoms with E-state index < -0.39 is 35.2 Å². The van der Waals surface area contributed by atoms with Gasteiger partial charge in [0.15, 0.2) is 12.2 Å². The number of aryl methyl sites for hydroxylation is 1. The van der Waals surface area contributed by atoms with Crippen LogP contribution in [0.3, 0.4) is 0 Å². The van der Waals surface area contributed by atoms with Crippen LogP contribution in [0.4, 0.5) is 5.82 Å². The molecule has 7 N–H and O–H groups in total. The molecular formula is C18H32N4O11P3S+. The number of nitrogen functional groups attached to an aromatic ring is 1. The van der Waals surface area contributed by atoms with E-state index in [-0.39, 0.29) is 30.4 Å². The summed E-state index contributed by atoms with van der Waals surface area (Å²) in [5.74, 6) is 0.608. The minimum Gasteiger partial charge on any atom is -0.383 e. The number of aliphatic hydroxyl groups is 1. The largest absolute Gasteiger partial charge is 0.481 e. The molecule has 0 saturated heterocycles. The van der Waals surface area contributed by atoms with Gasteiger partial charge in [-0.3, -0.25) is 9.09 Å². The highest BCUT2D eigenvalue weighted by atomic mass is 32.1. The summed E-state index contributed by atoms with van der Waals surface area (Å²) in [5.41, 5.74) is 6.97. The zero-order valence-electron chi connectivity index (χ0n) is 20.7. The quantitative estimate of drug-likeness (QED) is 0.103. The maximum absolute atomic E-state index is 13.1. The third-order valence-electron chi connectivity index (χ3n) is 5.13. The van der Waals surface area contributed by atoms with Crippen molar-refractivity contribution in [2.45, 2.75) is 58.8 Å². The number of hydrogen-bond acceptors (Lipinski definition) is 11. The second kappa shape index (κ2) is 12.4. The molecule has 2 aromatic heterocycles. The molecule has 0 aromatic carbocycles. The number of phosphoric ester groups is 1. The first-order valence-corrected chi connectivity index (χ1v) is 16.4. The highest BCUT2D eigenvalue weighted by Gasteiger charge is 2.53. The average molecular weight is 605 g/mol. The zero-order valence-corrected chi connectivity index (χ0v) is 24.2. The third-order valence-corrected chi connectivity index (χ3v) is 10.9. The van der Waals surface area contributed by atoms with Crippen molar-refractivity contribution in [3.63, 3.8) is 0 Å². The van der Waals surface area contributed by atoms with Crippen LogP contribution in [0.15, 0.2) is 6.20 Å². The summed E-state index contributed by atoms with van der Waals surface area (Å²) in [6, 6.07) is 0. The Morgan fingerprint density at radius 1 is 1.14 bits per heavy atom. The molecule has 15 nitrogen and oxygen atoms in total. The maximum Gasteiger partial charge on any atom is 0.481 e. The topological polar surface area (TPSA) is 236 Å². The van der Waals surface area contributed by atoms with Crippen molar-refractivity contribution in [1.82, 2.24) is 9.97 Å². The first-order valence-electron chi connectivity index (χ1n) is 10.9. The molecule has 0 aliphatic rings. The van der Waals surface area contributed by atoms with Crippen LogP contribution in [0.1, 0.15) is 53.7 Å². The minimum absolute atomic E-state index is 0.00948. The summed E-state index contributed by atoms with van der Waals surface area (Å²) in [7, 11) is -15.0. The molecule has 0 fully saturated rings. The number of nitrogens with zero attached hydrogens (tertiary/aromatic N) is 3. The Kier molecular flexibility index (Phi) is 10.7. The summed E-state index contributed by atoms with van der Waals surface area (Å²) in [4.78, 5) is 46.3. The van der Waals surface area contributed by atoms with Crippen molar-refractivity contribution >= 4 is 40.4 Å². The number of nitrogens with two attached hydrogens (primary N) is 1. The number of aromatic nitrogens is 3. The van der Waals surface area contributed by atoms with Crippen LogP contribution >= 0.6 is 34.6 Å². The summed E-state index contributed by atoms with van der Waals surface area (Å²) < 4.78 is 50.8. The molecule has 0 amide bonds. The van der Waals surface area contributed by atoms with Gasteiger partial charge in [0.25, 0.3) is 10.3 Å². The van der Waals surface area contributed by atoms with E-state index in [4.69, 9.17) is 20.0 Å². The first-order chi connectivity index (χ1) is 16.9. The van der Waals surface area contributed by atoms with Gasteiger partial charge in [0.05, 0.1) is 23.7 Å². The molecule has 2 unspecified atom stereocenters. The number of rotatable bonds is 14. The van der Waals surface area contributed by atoms with E-state index in [9.17, 15) is 28.6 Å². The average Bonchev–Trinajstić information content (AvgIpc) is 3.04. The zero-order chi connectivity index (χ0) is 28.2. The third kappa shape index (κ3) is 8.69. The lowest BCUT2D eigenvalue weighted by Crippen LogP contribution is -2.45. The predicted molar refractivity (Wildman–Crippen MR) is 132 cm³/mol. The Hall–Kier alpha value is -1.12. The van der Waals surface area contributed by atoms with E-state index >= 15 is 0 Å². The molecule has 0 aliphatic carbocycles. The van der Waals surface area contributed by atoms with Crippen molar-refractivity contribution < 1.29 is 56.3 Å². The molecule has 0 spiro atoms. The predicted octanol–water partition coefficient (Wildman–Crippen LogP) is 2.01. The lowest BCUT2D eigenvalue weighted by molar-refractivity contribution is -0.701. The van der Waals surface area contributed by atoms with Gasteiger partial charge in [-0.15, -0.1) is 0 Å². The monoisotopic (exact) mass is 605 g/mol. The van der Waals surface area contributed by atoms with Crippen LogP contribution < -0.4 is 10.3 Å². The van der Waals surface area contributed by atoms with E-state index in [1.807, 2.05) is 6.92 Å². The molecule has 37 heavy (non-hydrogen) atoms. The Labute approximate surface area is 217 Å². The molecule has 2 heterocycles. The fourth-order valence-electron chi connectivity index (χ4n) is 3.12. The molecule has 3 atom stereocenters. The number of hydrogen-bond donors (Lipinski definition) is 6. The molecule has 2 rings (SSSR count). The van der Waals surface area contributed by atoms with E-state index in [2.05, 4.69) is 18.8 Å². The Morgan fingerprint density at radius 3 is 2.35 bits per heavy atom. The van der Waals surface area contributed by atoms with Crippen LogP contribution in [-0.2, 0) is 45.4 Å². The van der Waals surface area contributed by atoms with E-state index in [0.717, 1.165) is 18.3 Å². The summed E-state index contributed by atoms with van der Waals surface area (Å²) >= 11 is 0.925. The lowest BCUT2D eigenvalue weighted by Gasteiger charge is -2.24. The molecule has 0 aliphatic heterocycles. The second-order valence-electron chi connectivity index (χ2n) is 8.18. The van der Waals surface area contributed by atoms with Crippen molar-refractivity contribution in [2.24, 2.45) is 0 Å². The molecule has 2 aromatic rings. The van der Waals surface area contributed by atoms with E-state index in [1.165, 1.54) is 10.8 Å². The van der Waals surface area contributed by atoms with Gasteiger partial charge in [0, 0.05) is 19.5 Å². The van der Waals surface area contributed by atoms with Crippen LogP contribution in [0.25, 0.3) is 0 Å².